The number of unbranched alkanes of at least 4 members (excludes halogenated alkanes) is 1. The topological polar surface area (TPSA) is 163 Å². The Morgan fingerprint density at radius 2 is 1.36 bits per heavy atom. The van der Waals surface area contributed by atoms with Crippen molar-refractivity contribution in [2.24, 2.45) is 11.5 Å². The zero-order valence-corrected chi connectivity index (χ0v) is 19.7. The number of hydrogen-bond acceptors (Lipinski definition) is 6. The smallest absolute Gasteiger partial charge is 0.408 e. The maximum atomic E-state index is 14.2. The summed E-state index contributed by atoms with van der Waals surface area (Å²) in [5.74, 6) is -13.5. The number of amides is 4. The van der Waals surface area contributed by atoms with E-state index in [1.807, 2.05) is 5.32 Å². The van der Waals surface area contributed by atoms with Gasteiger partial charge >= 0.3 is 12.2 Å². The lowest BCUT2D eigenvalue weighted by atomic mass is 10.0. The minimum absolute atomic E-state index is 0.0785. The van der Waals surface area contributed by atoms with Crippen molar-refractivity contribution < 1.29 is 50.6 Å². The summed E-state index contributed by atoms with van der Waals surface area (Å²) in [5.41, 5.74) is 7.63. The van der Waals surface area contributed by atoms with Crippen molar-refractivity contribution in [3.8, 4) is 0 Å². The molecule has 6 N–H and O–H groups in total. The lowest BCUT2D eigenvalue weighted by molar-refractivity contribution is -0.128. The quantitative estimate of drug-likeness (QED) is 0.149. The molecule has 0 saturated heterocycles. The summed E-state index contributed by atoms with van der Waals surface area (Å²) in [6.07, 6.45) is -3.10. The van der Waals surface area contributed by atoms with Gasteiger partial charge in [0.05, 0.1) is 6.61 Å². The van der Waals surface area contributed by atoms with Crippen molar-refractivity contribution in [1.82, 2.24) is 10.6 Å². The van der Waals surface area contributed by atoms with E-state index in [2.05, 4.69) is 10.1 Å². The Kier molecular flexibility index (Phi) is 10.9. The Labute approximate surface area is 202 Å². The van der Waals surface area contributed by atoms with Crippen molar-refractivity contribution in [1.29, 1.82) is 0 Å². The largest absolute Gasteiger partial charge is 0.450 e. The maximum absolute atomic E-state index is 14.2. The molecule has 0 aromatic heterocycles. The molecule has 1 aromatic carbocycles. The lowest BCUT2D eigenvalue weighted by Gasteiger charge is -2.25. The molecule has 1 aromatic rings. The van der Waals surface area contributed by atoms with Crippen LogP contribution in [0.15, 0.2) is 0 Å². The molecule has 0 fully saturated rings. The molecule has 36 heavy (non-hydrogen) atoms. The highest BCUT2D eigenvalue weighted by Gasteiger charge is 2.32. The molecule has 2 unspecified atom stereocenters. The van der Waals surface area contributed by atoms with Gasteiger partial charge in [-0.1, -0.05) is 0 Å². The van der Waals surface area contributed by atoms with Crippen LogP contribution in [0.2, 0.25) is 0 Å². The van der Waals surface area contributed by atoms with Crippen molar-refractivity contribution in [2.75, 3.05) is 6.61 Å². The number of nitrogens with one attached hydrogen (secondary N) is 2. The number of ether oxygens (including phenoxy) is 2. The Hall–Kier alpha value is -3.65. The fourth-order valence-corrected chi connectivity index (χ4v) is 2.87. The number of primary amides is 2. The molecule has 0 aliphatic heterocycles. The van der Waals surface area contributed by atoms with Gasteiger partial charge in [0.15, 0.2) is 23.3 Å². The minimum atomic E-state index is -2.40. The molecule has 0 aliphatic carbocycles. The molecule has 10 nitrogen and oxygen atoms in total. The first kappa shape index (κ1) is 30.4. The van der Waals surface area contributed by atoms with Gasteiger partial charge in [0.2, 0.25) is 17.6 Å². The number of benzene rings is 1. The van der Waals surface area contributed by atoms with Gasteiger partial charge in [-0.3, -0.25) is 9.59 Å². The average Bonchev–Trinajstić information content (AvgIpc) is 2.75. The van der Waals surface area contributed by atoms with Crippen LogP contribution >= 0.6 is 0 Å². The highest BCUT2D eigenvalue weighted by atomic mass is 19.2. The predicted molar refractivity (Wildman–Crippen MR) is 114 cm³/mol. The van der Waals surface area contributed by atoms with Crippen LogP contribution in [0.25, 0.3) is 0 Å². The normalized spacial score (nSPS) is 12.9. The van der Waals surface area contributed by atoms with Crippen LogP contribution < -0.4 is 22.1 Å². The summed E-state index contributed by atoms with van der Waals surface area (Å²) >= 11 is 0. The first-order valence-electron chi connectivity index (χ1n) is 10.6. The molecule has 1 rings (SSSR count). The van der Waals surface area contributed by atoms with E-state index in [4.69, 9.17) is 16.2 Å². The van der Waals surface area contributed by atoms with E-state index in [9.17, 15) is 41.1 Å². The molecular formula is C21H27F5N4O6. The molecule has 0 heterocycles. The second-order valence-electron chi connectivity index (χ2n) is 8.58. The number of carbonyl (C=O) groups is 4. The number of rotatable bonds is 11. The SMILES string of the molecule is CC(C)(C)OC(=O)NC(Cc1c(F)c(F)c(F)c(F)c1F)C(=O)NC(CCCCOC(N)=O)C(N)=O. The first-order chi connectivity index (χ1) is 16.5. The highest BCUT2D eigenvalue weighted by molar-refractivity contribution is 5.91. The van der Waals surface area contributed by atoms with Gasteiger partial charge in [0.25, 0.3) is 0 Å². The van der Waals surface area contributed by atoms with E-state index in [0.717, 1.165) is 0 Å². The Morgan fingerprint density at radius 3 is 1.83 bits per heavy atom. The molecule has 15 heteroatoms. The zero-order chi connectivity index (χ0) is 27.8. The minimum Gasteiger partial charge on any atom is -0.450 e. The van der Waals surface area contributed by atoms with Gasteiger partial charge < -0.3 is 31.6 Å². The molecule has 2 atom stereocenters. The molecule has 0 radical (unpaired) electrons. The molecular weight excluding hydrogens is 499 g/mol. The predicted octanol–water partition coefficient (Wildman–Crippen LogP) is 2.05. The van der Waals surface area contributed by atoms with Gasteiger partial charge in [-0.15, -0.1) is 0 Å². The third-order valence-corrected chi connectivity index (χ3v) is 4.51. The Morgan fingerprint density at radius 1 is 0.833 bits per heavy atom. The molecule has 0 aliphatic rings. The van der Waals surface area contributed by atoms with E-state index >= 15 is 0 Å². The van der Waals surface area contributed by atoms with Crippen LogP contribution in [-0.4, -0.2) is 48.3 Å². The molecule has 0 bridgehead atoms. The number of alkyl carbamates (subject to hydrolysis) is 1. The molecule has 202 valence electrons. The van der Waals surface area contributed by atoms with Crippen molar-refractivity contribution in [3.63, 3.8) is 0 Å². The summed E-state index contributed by atoms with van der Waals surface area (Å²) in [5, 5.41) is 4.16. The number of hydrogen-bond donors (Lipinski definition) is 4. The number of halogens is 5. The van der Waals surface area contributed by atoms with E-state index in [-0.39, 0.29) is 25.9 Å². The van der Waals surface area contributed by atoms with Crippen LogP contribution in [0.1, 0.15) is 45.6 Å². The van der Waals surface area contributed by atoms with Gasteiger partial charge in [0.1, 0.15) is 17.7 Å². The fraction of sp³-hybridized carbons (Fsp3) is 0.524. The van der Waals surface area contributed by atoms with Crippen LogP contribution in [0.4, 0.5) is 31.5 Å². The lowest BCUT2D eigenvalue weighted by Crippen LogP contribution is -2.54. The number of carbonyl (C=O) groups excluding carboxylic acids is 4. The van der Waals surface area contributed by atoms with Gasteiger partial charge in [-0.25, -0.2) is 31.5 Å². The standard InChI is InChI=1S/C21H27F5N4O6/c1-21(2,3)36-20(34)30-11(8-9-12(22)14(24)16(26)15(25)13(9)23)18(32)29-10(17(27)31)6-4-5-7-35-19(28)33/h10-11H,4-8H2,1-3H3,(H2,27,31)(H2,28,33)(H,29,32)(H,30,34). The van der Waals surface area contributed by atoms with E-state index < -0.39 is 82.8 Å². The maximum Gasteiger partial charge on any atom is 0.408 e. The first-order valence-corrected chi connectivity index (χ1v) is 10.6. The van der Waals surface area contributed by atoms with Crippen LogP contribution in [0, 0.1) is 29.1 Å². The Bertz CT molecular complexity index is 973. The second kappa shape index (κ2) is 12.9. The third-order valence-electron chi connectivity index (χ3n) is 4.51. The van der Waals surface area contributed by atoms with Gasteiger partial charge in [-0.2, -0.15) is 0 Å². The number of nitrogens with two attached hydrogens (primary N) is 2. The van der Waals surface area contributed by atoms with Gasteiger partial charge in [-0.05, 0) is 40.0 Å². The zero-order valence-electron chi connectivity index (χ0n) is 19.7. The van der Waals surface area contributed by atoms with Crippen LogP contribution in [0.3, 0.4) is 0 Å². The monoisotopic (exact) mass is 526 g/mol. The van der Waals surface area contributed by atoms with Gasteiger partial charge in [0, 0.05) is 12.0 Å². The molecule has 0 saturated carbocycles. The van der Waals surface area contributed by atoms with Crippen molar-refractivity contribution in [3.05, 3.63) is 34.6 Å². The third kappa shape index (κ3) is 9.19. The van der Waals surface area contributed by atoms with E-state index in [1.54, 1.807) is 0 Å². The summed E-state index contributed by atoms with van der Waals surface area (Å²) < 4.78 is 78.6. The van der Waals surface area contributed by atoms with Crippen molar-refractivity contribution in [2.45, 2.75) is 64.1 Å². The molecule has 4 amide bonds. The van der Waals surface area contributed by atoms with Crippen molar-refractivity contribution >= 4 is 24.0 Å². The second-order valence-corrected chi connectivity index (χ2v) is 8.58. The average molecular weight is 526 g/mol. The summed E-state index contributed by atoms with van der Waals surface area (Å²) in [6, 6.07) is -3.29. The summed E-state index contributed by atoms with van der Waals surface area (Å²) in [6.45, 7) is 4.32. The fourth-order valence-electron chi connectivity index (χ4n) is 2.87. The highest BCUT2D eigenvalue weighted by Crippen LogP contribution is 2.24. The molecule has 0 spiro atoms. The van der Waals surface area contributed by atoms with E-state index in [1.165, 1.54) is 20.8 Å². The van der Waals surface area contributed by atoms with Crippen LogP contribution in [0.5, 0.6) is 0 Å². The Balaban J connectivity index is 3.15. The van der Waals surface area contributed by atoms with Crippen LogP contribution in [-0.2, 0) is 25.5 Å². The summed E-state index contributed by atoms with van der Waals surface area (Å²) in [7, 11) is 0. The van der Waals surface area contributed by atoms with E-state index in [0.29, 0.717) is 0 Å². The summed E-state index contributed by atoms with van der Waals surface area (Å²) in [4.78, 5) is 47.3.